The van der Waals surface area contributed by atoms with E-state index in [1.165, 1.54) is 23.5 Å². The maximum absolute atomic E-state index is 12.2. The Kier molecular flexibility index (Phi) is 5.29. The van der Waals surface area contributed by atoms with Gasteiger partial charge in [0, 0.05) is 22.6 Å². The lowest BCUT2D eigenvalue weighted by Crippen LogP contribution is -2.23. The molecule has 0 saturated heterocycles. The Morgan fingerprint density at radius 3 is 2.81 bits per heavy atom. The monoisotopic (exact) mass is 387 g/mol. The van der Waals surface area contributed by atoms with Crippen molar-refractivity contribution in [3.63, 3.8) is 0 Å². The van der Waals surface area contributed by atoms with Gasteiger partial charge in [-0.05, 0) is 24.6 Å². The number of carbonyl (C=O) groups is 1. The standard InChI is InChI=1S/C18H14ClN3O3S/c1-11-4-2-3-5-14(11)18-21-13(10-26-18)9-20-17(23)12-6-7-15(19)16(8-12)22(24)25/h2-8,10H,9H2,1H3,(H,20,23). The molecule has 0 aliphatic heterocycles. The minimum Gasteiger partial charge on any atom is -0.346 e. The molecule has 6 nitrogen and oxygen atoms in total. The number of nitro benzene ring substituents is 1. The Morgan fingerprint density at radius 2 is 2.08 bits per heavy atom. The maximum atomic E-state index is 12.2. The molecule has 2 aromatic carbocycles. The number of hydrogen-bond acceptors (Lipinski definition) is 5. The average molecular weight is 388 g/mol. The van der Waals surface area contributed by atoms with Crippen molar-refractivity contribution in [3.8, 4) is 10.6 Å². The van der Waals surface area contributed by atoms with E-state index in [0.29, 0.717) is 0 Å². The first-order chi connectivity index (χ1) is 12.5. The topological polar surface area (TPSA) is 85.1 Å². The van der Waals surface area contributed by atoms with Crippen LogP contribution >= 0.6 is 22.9 Å². The molecule has 0 aliphatic rings. The van der Waals surface area contributed by atoms with Gasteiger partial charge in [0.1, 0.15) is 10.0 Å². The van der Waals surface area contributed by atoms with Crippen LogP contribution in [-0.4, -0.2) is 15.8 Å². The SMILES string of the molecule is Cc1ccccc1-c1nc(CNC(=O)c2ccc(Cl)c([N+](=O)[O-])c2)cs1. The van der Waals surface area contributed by atoms with Gasteiger partial charge >= 0.3 is 0 Å². The molecule has 0 spiro atoms. The molecule has 26 heavy (non-hydrogen) atoms. The third-order valence-corrected chi connectivity index (χ3v) is 5.01. The van der Waals surface area contributed by atoms with E-state index in [1.54, 1.807) is 0 Å². The third-order valence-electron chi connectivity index (χ3n) is 3.76. The maximum Gasteiger partial charge on any atom is 0.288 e. The summed E-state index contributed by atoms with van der Waals surface area (Å²) in [5.41, 5.74) is 2.80. The second-order valence-electron chi connectivity index (χ2n) is 5.56. The zero-order valence-electron chi connectivity index (χ0n) is 13.7. The zero-order chi connectivity index (χ0) is 18.7. The highest BCUT2D eigenvalue weighted by molar-refractivity contribution is 7.13. The number of thiazole rings is 1. The summed E-state index contributed by atoms with van der Waals surface area (Å²) in [7, 11) is 0. The van der Waals surface area contributed by atoms with Crippen LogP contribution in [0.1, 0.15) is 21.6 Å². The van der Waals surface area contributed by atoms with Crippen molar-refractivity contribution in [2.24, 2.45) is 0 Å². The fraction of sp³-hybridized carbons (Fsp3) is 0.111. The van der Waals surface area contributed by atoms with Crippen molar-refractivity contribution in [1.82, 2.24) is 10.3 Å². The minimum absolute atomic E-state index is 0.00563. The van der Waals surface area contributed by atoms with Gasteiger partial charge < -0.3 is 5.32 Å². The molecule has 0 fully saturated rings. The summed E-state index contributed by atoms with van der Waals surface area (Å²) in [5, 5.41) is 16.4. The van der Waals surface area contributed by atoms with Gasteiger partial charge in [0.15, 0.2) is 0 Å². The van der Waals surface area contributed by atoms with Gasteiger partial charge in [-0.1, -0.05) is 35.9 Å². The van der Waals surface area contributed by atoms with E-state index in [1.807, 2.05) is 36.6 Å². The first-order valence-corrected chi connectivity index (χ1v) is 8.94. The molecule has 0 atom stereocenters. The molecule has 3 aromatic rings. The molecule has 3 rings (SSSR count). The van der Waals surface area contributed by atoms with Crippen LogP contribution in [0, 0.1) is 17.0 Å². The van der Waals surface area contributed by atoms with Gasteiger partial charge in [-0.25, -0.2) is 4.98 Å². The number of aromatic nitrogens is 1. The molecule has 0 saturated carbocycles. The highest BCUT2D eigenvalue weighted by atomic mass is 35.5. The van der Waals surface area contributed by atoms with Crippen LogP contribution < -0.4 is 5.32 Å². The number of nitrogens with zero attached hydrogens (tertiary/aromatic N) is 2. The summed E-state index contributed by atoms with van der Waals surface area (Å²) in [6, 6.07) is 11.9. The summed E-state index contributed by atoms with van der Waals surface area (Å²) >= 11 is 7.26. The lowest BCUT2D eigenvalue weighted by molar-refractivity contribution is -0.384. The molecule has 0 aliphatic carbocycles. The van der Waals surface area contributed by atoms with Crippen LogP contribution in [0.3, 0.4) is 0 Å². The van der Waals surface area contributed by atoms with Gasteiger partial charge in [-0.15, -0.1) is 11.3 Å². The molecular weight excluding hydrogens is 374 g/mol. The van der Waals surface area contributed by atoms with Crippen molar-refractivity contribution < 1.29 is 9.72 Å². The first-order valence-electron chi connectivity index (χ1n) is 7.68. The van der Waals surface area contributed by atoms with Crippen LogP contribution in [0.15, 0.2) is 47.8 Å². The predicted molar refractivity (Wildman–Crippen MR) is 102 cm³/mol. The van der Waals surface area contributed by atoms with E-state index in [-0.39, 0.29) is 22.8 Å². The number of nitrogens with one attached hydrogen (secondary N) is 1. The largest absolute Gasteiger partial charge is 0.346 e. The van der Waals surface area contributed by atoms with Crippen LogP contribution in [0.5, 0.6) is 0 Å². The number of benzene rings is 2. The molecule has 1 N–H and O–H groups in total. The highest BCUT2D eigenvalue weighted by Gasteiger charge is 2.16. The van der Waals surface area contributed by atoms with Crippen LogP contribution in [0.2, 0.25) is 5.02 Å². The Balaban J connectivity index is 1.70. The number of halogens is 1. The van der Waals surface area contributed by atoms with E-state index >= 15 is 0 Å². The molecule has 1 amide bonds. The molecule has 0 unspecified atom stereocenters. The molecule has 132 valence electrons. The van der Waals surface area contributed by atoms with Gasteiger partial charge in [0.25, 0.3) is 11.6 Å². The summed E-state index contributed by atoms with van der Waals surface area (Å²) in [6.45, 7) is 2.25. The second-order valence-corrected chi connectivity index (χ2v) is 6.83. The summed E-state index contributed by atoms with van der Waals surface area (Å²) < 4.78 is 0. The molecule has 8 heteroatoms. The fourth-order valence-corrected chi connectivity index (χ4v) is 3.49. The van der Waals surface area contributed by atoms with Crippen LogP contribution in [0.25, 0.3) is 10.6 Å². The molecule has 0 radical (unpaired) electrons. The lowest BCUT2D eigenvalue weighted by atomic mass is 10.1. The Labute approximate surface area is 158 Å². The van der Waals surface area contributed by atoms with Crippen molar-refractivity contribution in [2.45, 2.75) is 13.5 Å². The number of rotatable bonds is 5. The third kappa shape index (κ3) is 3.89. The predicted octanol–water partition coefficient (Wildman–Crippen LogP) is 4.61. The second kappa shape index (κ2) is 7.63. The molecule has 1 heterocycles. The summed E-state index contributed by atoms with van der Waals surface area (Å²) in [4.78, 5) is 27.1. The smallest absolute Gasteiger partial charge is 0.288 e. The highest BCUT2D eigenvalue weighted by Crippen LogP contribution is 2.27. The van der Waals surface area contributed by atoms with Crippen LogP contribution in [0.4, 0.5) is 5.69 Å². The quantitative estimate of drug-likeness (QED) is 0.511. The Bertz CT molecular complexity index is 987. The van der Waals surface area contributed by atoms with Gasteiger partial charge in [0.05, 0.1) is 17.2 Å². The van der Waals surface area contributed by atoms with E-state index in [4.69, 9.17) is 11.6 Å². The van der Waals surface area contributed by atoms with Crippen molar-refractivity contribution >= 4 is 34.5 Å². The van der Waals surface area contributed by atoms with E-state index in [0.717, 1.165) is 27.9 Å². The van der Waals surface area contributed by atoms with Crippen molar-refractivity contribution in [1.29, 1.82) is 0 Å². The van der Waals surface area contributed by atoms with Gasteiger partial charge in [-0.3, -0.25) is 14.9 Å². The molecular formula is C18H14ClN3O3S. The van der Waals surface area contributed by atoms with Crippen molar-refractivity contribution in [3.05, 3.63) is 79.8 Å². The number of aryl methyl sites for hydroxylation is 1. The zero-order valence-corrected chi connectivity index (χ0v) is 15.3. The van der Waals surface area contributed by atoms with Gasteiger partial charge in [0.2, 0.25) is 0 Å². The van der Waals surface area contributed by atoms with E-state index in [9.17, 15) is 14.9 Å². The van der Waals surface area contributed by atoms with E-state index in [2.05, 4.69) is 10.3 Å². The Hall–Kier alpha value is -2.77. The lowest BCUT2D eigenvalue weighted by Gasteiger charge is -2.04. The van der Waals surface area contributed by atoms with Crippen molar-refractivity contribution in [2.75, 3.05) is 0 Å². The number of hydrogen-bond donors (Lipinski definition) is 1. The number of nitro groups is 1. The Morgan fingerprint density at radius 1 is 1.31 bits per heavy atom. The summed E-state index contributed by atoms with van der Waals surface area (Å²) in [5.74, 6) is -0.421. The average Bonchev–Trinajstić information content (AvgIpc) is 3.09. The number of amides is 1. The number of carbonyl (C=O) groups excluding carboxylic acids is 1. The minimum atomic E-state index is -0.617. The fourth-order valence-electron chi connectivity index (χ4n) is 2.39. The first kappa shape index (κ1) is 18.0. The molecule has 1 aromatic heterocycles. The summed E-state index contributed by atoms with van der Waals surface area (Å²) in [6.07, 6.45) is 0. The van der Waals surface area contributed by atoms with Gasteiger partial charge in [-0.2, -0.15) is 0 Å². The molecule has 0 bridgehead atoms. The van der Waals surface area contributed by atoms with E-state index < -0.39 is 10.8 Å². The van der Waals surface area contributed by atoms with Crippen LogP contribution in [-0.2, 0) is 6.54 Å². The normalized spacial score (nSPS) is 10.5.